The normalized spacial score (nSPS) is 11.5. The number of aryl methyl sites for hydroxylation is 1. The summed E-state index contributed by atoms with van der Waals surface area (Å²) in [5.74, 6) is -0.209. The molecular formula is C9H8ClF2NO. The molecule has 0 saturated carbocycles. The van der Waals surface area contributed by atoms with Crippen LogP contribution in [0.1, 0.15) is 28.7 Å². The SMILES string of the molecule is CC(=O)c1ccc(C(F)(F)Cl)nc1C. The van der Waals surface area contributed by atoms with E-state index in [0.29, 0.717) is 5.56 Å². The molecule has 0 N–H and O–H groups in total. The standard InChI is InChI=1S/C9H8ClF2NO/c1-5-7(6(2)14)3-4-8(13-5)9(10,11)12/h3-4H,1-2H3. The number of ketones is 1. The zero-order valence-electron chi connectivity index (χ0n) is 7.64. The number of hydrogen-bond donors (Lipinski definition) is 0. The Morgan fingerprint density at radius 2 is 2.07 bits per heavy atom. The Morgan fingerprint density at radius 1 is 1.50 bits per heavy atom. The fourth-order valence-electron chi connectivity index (χ4n) is 1.09. The highest BCUT2D eigenvalue weighted by Gasteiger charge is 2.30. The minimum absolute atomic E-state index is 0.209. The molecule has 0 unspecified atom stereocenters. The zero-order valence-corrected chi connectivity index (χ0v) is 8.40. The van der Waals surface area contributed by atoms with Gasteiger partial charge in [-0.2, -0.15) is 8.78 Å². The van der Waals surface area contributed by atoms with E-state index in [1.165, 1.54) is 19.9 Å². The molecule has 0 fully saturated rings. The third kappa shape index (κ3) is 2.26. The first-order valence-electron chi connectivity index (χ1n) is 3.88. The first-order valence-corrected chi connectivity index (χ1v) is 4.26. The molecule has 0 aromatic carbocycles. The molecule has 1 heterocycles. The second-order valence-corrected chi connectivity index (χ2v) is 3.36. The average molecular weight is 220 g/mol. The number of aromatic nitrogens is 1. The van der Waals surface area contributed by atoms with Gasteiger partial charge in [-0.1, -0.05) is 0 Å². The van der Waals surface area contributed by atoms with Crippen LogP contribution in [0.5, 0.6) is 0 Å². The molecule has 0 spiro atoms. The van der Waals surface area contributed by atoms with E-state index >= 15 is 0 Å². The van der Waals surface area contributed by atoms with Crippen molar-refractivity contribution in [1.82, 2.24) is 4.98 Å². The topological polar surface area (TPSA) is 30.0 Å². The molecule has 0 atom stereocenters. The second-order valence-electron chi connectivity index (χ2n) is 2.88. The summed E-state index contributed by atoms with van der Waals surface area (Å²) in [7, 11) is 0. The molecule has 2 nitrogen and oxygen atoms in total. The van der Waals surface area contributed by atoms with Crippen molar-refractivity contribution in [3.8, 4) is 0 Å². The number of rotatable bonds is 2. The highest BCUT2D eigenvalue weighted by Crippen LogP contribution is 2.31. The molecule has 0 bridgehead atoms. The summed E-state index contributed by atoms with van der Waals surface area (Å²) in [6, 6.07) is 2.35. The van der Waals surface area contributed by atoms with Crippen LogP contribution in [0.3, 0.4) is 0 Å². The molecule has 14 heavy (non-hydrogen) atoms. The highest BCUT2D eigenvalue weighted by atomic mass is 35.5. The third-order valence-electron chi connectivity index (χ3n) is 1.76. The van der Waals surface area contributed by atoms with Gasteiger partial charge < -0.3 is 0 Å². The van der Waals surface area contributed by atoms with E-state index in [0.717, 1.165) is 6.07 Å². The molecule has 1 aromatic rings. The van der Waals surface area contributed by atoms with Gasteiger partial charge in [0.05, 0.1) is 0 Å². The van der Waals surface area contributed by atoms with Crippen LogP contribution in [0.25, 0.3) is 0 Å². The Balaban J connectivity index is 3.20. The molecule has 0 radical (unpaired) electrons. The summed E-state index contributed by atoms with van der Waals surface area (Å²) in [5.41, 5.74) is 0.0478. The van der Waals surface area contributed by atoms with E-state index in [1.807, 2.05) is 0 Å². The van der Waals surface area contributed by atoms with Crippen molar-refractivity contribution >= 4 is 17.4 Å². The predicted octanol–water partition coefficient (Wildman–Crippen LogP) is 2.88. The van der Waals surface area contributed by atoms with E-state index < -0.39 is 11.1 Å². The van der Waals surface area contributed by atoms with E-state index in [2.05, 4.69) is 4.98 Å². The number of carbonyl (C=O) groups excluding carboxylic acids is 1. The van der Waals surface area contributed by atoms with Gasteiger partial charge in [-0.25, -0.2) is 4.98 Å². The maximum absolute atomic E-state index is 12.6. The summed E-state index contributed by atoms with van der Waals surface area (Å²) in [6.45, 7) is 2.84. The van der Waals surface area contributed by atoms with Crippen molar-refractivity contribution in [3.63, 3.8) is 0 Å². The molecule has 0 saturated heterocycles. The number of pyridine rings is 1. The van der Waals surface area contributed by atoms with E-state index in [4.69, 9.17) is 11.6 Å². The Labute approximate surface area is 84.9 Å². The Bertz CT molecular complexity index is 374. The lowest BCUT2D eigenvalue weighted by molar-refractivity contribution is 0.0893. The van der Waals surface area contributed by atoms with Gasteiger partial charge in [0.1, 0.15) is 5.69 Å². The van der Waals surface area contributed by atoms with Crippen LogP contribution in [0.15, 0.2) is 12.1 Å². The van der Waals surface area contributed by atoms with Crippen LogP contribution in [-0.4, -0.2) is 10.8 Å². The van der Waals surface area contributed by atoms with Gasteiger partial charge >= 0.3 is 5.38 Å². The largest absolute Gasteiger partial charge is 0.364 e. The van der Waals surface area contributed by atoms with Crippen LogP contribution in [0, 0.1) is 6.92 Å². The van der Waals surface area contributed by atoms with Crippen LogP contribution in [-0.2, 0) is 5.38 Å². The van der Waals surface area contributed by atoms with Gasteiger partial charge in [0.2, 0.25) is 0 Å². The van der Waals surface area contributed by atoms with Gasteiger partial charge in [0.15, 0.2) is 5.78 Å². The summed E-state index contributed by atoms with van der Waals surface area (Å²) < 4.78 is 25.2. The van der Waals surface area contributed by atoms with E-state index in [9.17, 15) is 13.6 Å². The van der Waals surface area contributed by atoms with Crippen LogP contribution in [0.4, 0.5) is 8.78 Å². The van der Waals surface area contributed by atoms with Gasteiger partial charge in [-0.15, -0.1) is 0 Å². The number of carbonyl (C=O) groups is 1. The second kappa shape index (κ2) is 3.61. The predicted molar refractivity (Wildman–Crippen MR) is 48.7 cm³/mol. The molecule has 76 valence electrons. The number of nitrogens with zero attached hydrogens (tertiary/aromatic N) is 1. The van der Waals surface area contributed by atoms with Crippen LogP contribution >= 0.6 is 11.6 Å². The minimum Gasteiger partial charge on any atom is -0.294 e. The molecule has 0 aliphatic carbocycles. The Kier molecular flexibility index (Phi) is 2.85. The smallest absolute Gasteiger partial charge is 0.294 e. The summed E-state index contributed by atoms with van der Waals surface area (Å²) in [6.07, 6.45) is 0. The Morgan fingerprint density at radius 3 is 2.43 bits per heavy atom. The number of alkyl halides is 3. The first-order chi connectivity index (χ1) is 6.32. The maximum atomic E-state index is 12.6. The first kappa shape index (κ1) is 11.0. The average Bonchev–Trinajstić information content (AvgIpc) is 2.01. The highest BCUT2D eigenvalue weighted by molar-refractivity contribution is 6.21. The maximum Gasteiger partial charge on any atom is 0.364 e. The van der Waals surface area contributed by atoms with Crippen molar-refractivity contribution in [2.24, 2.45) is 0 Å². The molecular weight excluding hydrogens is 212 g/mol. The third-order valence-corrected chi connectivity index (χ3v) is 1.95. The number of hydrogen-bond acceptors (Lipinski definition) is 2. The van der Waals surface area contributed by atoms with E-state index in [1.54, 1.807) is 0 Å². The molecule has 0 aliphatic rings. The van der Waals surface area contributed by atoms with Crippen molar-refractivity contribution in [2.45, 2.75) is 19.2 Å². The lowest BCUT2D eigenvalue weighted by atomic mass is 10.1. The lowest BCUT2D eigenvalue weighted by Gasteiger charge is -2.09. The van der Waals surface area contributed by atoms with Crippen molar-refractivity contribution in [1.29, 1.82) is 0 Å². The number of halogens is 3. The van der Waals surface area contributed by atoms with E-state index in [-0.39, 0.29) is 11.5 Å². The van der Waals surface area contributed by atoms with Gasteiger partial charge in [-0.05, 0) is 37.6 Å². The molecule has 5 heteroatoms. The quantitative estimate of drug-likeness (QED) is 0.566. The summed E-state index contributed by atoms with van der Waals surface area (Å²) >= 11 is 4.78. The summed E-state index contributed by atoms with van der Waals surface area (Å²) in [4.78, 5) is 14.5. The fourth-order valence-corrected chi connectivity index (χ4v) is 1.20. The van der Waals surface area contributed by atoms with Crippen LogP contribution in [0.2, 0.25) is 0 Å². The molecule has 1 rings (SSSR count). The minimum atomic E-state index is -3.49. The van der Waals surface area contributed by atoms with Gasteiger partial charge in [0.25, 0.3) is 0 Å². The molecule has 0 amide bonds. The monoisotopic (exact) mass is 219 g/mol. The summed E-state index contributed by atoms with van der Waals surface area (Å²) in [5, 5.41) is -3.49. The zero-order chi connectivity index (χ0) is 10.9. The fraction of sp³-hybridized carbons (Fsp3) is 0.333. The molecule has 0 aliphatic heterocycles. The Hall–Kier alpha value is -1.03. The van der Waals surface area contributed by atoms with Gasteiger partial charge in [0, 0.05) is 11.3 Å². The van der Waals surface area contributed by atoms with Crippen LogP contribution < -0.4 is 0 Å². The van der Waals surface area contributed by atoms with Crippen molar-refractivity contribution in [3.05, 3.63) is 29.1 Å². The van der Waals surface area contributed by atoms with Crippen molar-refractivity contribution in [2.75, 3.05) is 0 Å². The van der Waals surface area contributed by atoms with Crippen molar-refractivity contribution < 1.29 is 13.6 Å². The lowest BCUT2D eigenvalue weighted by Crippen LogP contribution is -2.09. The number of Topliss-reactive ketones (excluding diaryl/α,β-unsaturated/α-hetero) is 1. The van der Waals surface area contributed by atoms with Gasteiger partial charge in [-0.3, -0.25) is 4.79 Å². The molecule has 1 aromatic heterocycles.